The number of alkyl halides is 2. The van der Waals surface area contributed by atoms with Crippen LogP contribution in [0.4, 0.5) is 8.78 Å². The number of aryl methyl sites for hydroxylation is 1. The molecule has 2 heterocycles. The number of carbonyl (C=O) groups excluding carboxylic acids is 2. The zero-order chi connectivity index (χ0) is 20.4. The third-order valence-corrected chi connectivity index (χ3v) is 4.03. The fourth-order valence-corrected chi connectivity index (χ4v) is 2.65. The Kier molecular flexibility index (Phi) is 6.04. The molecule has 0 bridgehead atoms. The lowest BCUT2D eigenvalue weighted by molar-refractivity contribution is -0.185. The van der Waals surface area contributed by atoms with E-state index < -0.39 is 29.6 Å². The number of aromatic nitrogens is 1. The average Bonchev–Trinajstić information content (AvgIpc) is 2.61. The fourth-order valence-electron chi connectivity index (χ4n) is 2.65. The number of esters is 2. The van der Waals surface area contributed by atoms with Gasteiger partial charge in [0, 0.05) is 31.2 Å². The van der Waals surface area contributed by atoms with Gasteiger partial charge < -0.3 is 18.9 Å². The van der Waals surface area contributed by atoms with Crippen molar-refractivity contribution in [3.8, 4) is 5.75 Å². The number of rotatable bonds is 6. The number of hydrogen-bond acceptors (Lipinski definition) is 7. The Bertz CT molecular complexity index is 719. The Morgan fingerprint density at radius 1 is 1.30 bits per heavy atom. The van der Waals surface area contributed by atoms with Gasteiger partial charge in [0.1, 0.15) is 5.75 Å². The van der Waals surface area contributed by atoms with Crippen LogP contribution in [0.3, 0.4) is 0 Å². The van der Waals surface area contributed by atoms with Crippen molar-refractivity contribution in [3.05, 3.63) is 23.0 Å². The molecule has 0 amide bonds. The lowest BCUT2D eigenvalue weighted by Gasteiger charge is -2.35. The minimum absolute atomic E-state index is 0.108. The fraction of sp³-hybridized carbons (Fsp3) is 0.611. The highest BCUT2D eigenvalue weighted by atomic mass is 19.2. The normalized spacial score (nSPS) is 16.7. The Hall–Kier alpha value is -2.29. The van der Waals surface area contributed by atoms with Crippen LogP contribution >= 0.6 is 0 Å². The molecule has 0 saturated carbocycles. The van der Waals surface area contributed by atoms with Crippen molar-refractivity contribution in [2.24, 2.45) is 0 Å². The lowest BCUT2D eigenvalue weighted by Crippen LogP contribution is -2.49. The highest BCUT2D eigenvalue weighted by molar-refractivity contribution is 6.04. The standard InChI is InChI=1S/C18H23F2NO6/c1-6-24-15(22)18(20,16(23)25-7-2)14(19)11-8-21-10(3)13-12(11)9-26-17(4,5)27-13/h8,14H,6-7,9H2,1-5H3. The predicted octanol–water partition coefficient (Wildman–Crippen LogP) is 2.88. The van der Waals surface area contributed by atoms with Crippen molar-refractivity contribution in [1.82, 2.24) is 4.98 Å². The molecule has 0 aliphatic carbocycles. The monoisotopic (exact) mass is 387 g/mol. The number of nitrogens with zero attached hydrogens (tertiary/aromatic N) is 1. The summed E-state index contributed by atoms with van der Waals surface area (Å²) in [6.45, 7) is 7.20. The van der Waals surface area contributed by atoms with Gasteiger partial charge in [0.25, 0.3) is 0 Å². The molecule has 1 aliphatic heterocycles. The molecule has 0 aromatic carbocycles. The van der Waals surface area contributed by atoms with Gasteiger partial charge in [0.15, 0.2) is 6.17 Å². The van der Waals surface area contributed by atoms with E-state index >= 15 is 8.78 Å². The van der Waals surface area contributed by atoms with Gasteiger partial charge >= 0.3 is 17.6 Å². The third kappa shape index (κ3) is 3.87. The molecule has 1 unspecified atom stereocenters. The molecular formula is C18H23F2NO6. The summed E-state index contributed by atoms with van der Waals surface area (Å²) < 4.78 is 51.1. The second-order valence-corrected chi connectivity index (χ2v) is 6.41. The zero-order valence-electron chi connectivity index (χ0n) is 15.9. The molecule has 1 aromatic rings. The molecule has 1 aromatic heterocycles. The molecule has 1 aliphatic rings. The van der Waals surface area contributed by atoms with E-state index in [2.05, 4.69) is 14.5 Å². The Balaban J connectivity index is 2.55. The number of pyridine rings is 1. The minimum atomic E-state index is -3.68. The summed E-state index contributed by atoms with van der Waals surface area (Å²) in [5.41, 5.74) is -3.40. The zero-order valence-corrected chi connectivity index (χ0v) is 15.9. The van der Waals surface area contributed by atoms with Crippen LogP contribution in [-0.2, 0) is 30.4 Å². The molecule has 1 atom stereocenters. The van der Waals surface area contributed by atoms with Crippen LogP contribution in [0.5, 0.6) is 5.75 Å². The van der Waals surface area contributed by atoms with Crippen LogP contribution in [0.2, 0.25) is 0 Å². The summed E-state index contributed by atoms with van der Waals surface area (Å²) in [6, 6.07) is 0. The van der Waals surface area contributed by atoms with Crippen LogP contribution in [0, 0.1) is 6.92 Å². The maximum Gasteiger partial charge on any atom is 0.359 e. The van der Waals surface area contributed by atoms with Gasteiger partial charge in [-0.1, -0.05) is 0 Å². The quantitative estimate of drug-likeness (QED) is 0.548. The Morgan fingerprint density at radius 2 is 1.85 bits per heavy atom. The van der Waals surface area contributed by atoms with E-state index in [1.807, 2.05) is 0 Å². The van der Waals surface area contributed by atoms with Gasteiger partial charge in [-0.05, 0) is 20.8 Å². The van der Waals surface area contributed by atoms with E-state index in [-0.39, 0.29) is 36.7 Å². The van der Waals surface area contributed by atoms with Gasteiger partial charge in [-0.2, -0.15) is 0 Å². The van der Waals surface area contributed by atoms with Crippen molar-refractivity contribution in [1.29, 1.82) is 0 Å². The van der Waals surface area contributed by atoms with Crippen molar-refractivity contribution >= 4 is 11.9 Å². The van der Waals surface area contributed by atoms with E-state index in [0.29, 0.717) is 5.69 Å². The summed E-state index contributed by atoms with van der Waals surface area (Å²) in [6.07, 6.45) is -1.66. The van der Waals surface area contributed by atoms with Gasteiger partial charge in [-0.25, -0.2) is 18.4 Å². The van der Waals surface area contributed by atoms with E-state index in [1.54, 1.807) is 20.8 Å². The van der Waals surface area contributed by atoms with Crippen LogP contribution < -0.4 is 4.74 Å². The van der Waals surface area contributed by atoms with E-state index in [9.17, 15) is 9.59 Å². The Labute approximate surface area is 155 Å². The number of carbonyl (C=O) groups is 2. The molecule has 9 heteroatoms. The second kappa shape index (κ2) is 7.75. The Morgan fingerprint density at radius 3 is 2.37 bits per heavy atom. The molecular weight excluding hydrogens is 364 g/mol. The summed E-state index contributed by atoms with van der Waals surface area (Å²) in [7, 11) is 0. The van der Waals surface area contributed by atoms with Crippen molar-refractivity contribution in [2.75, 3.05) is 13.2 Å². The van der Waals surface area contributed by atoms with Crippen LogP contribution in [0.15, 0.2) is 6.20 Å². The van der Waals surface area contributed by atoms with Crippen LogP contribution in [-0.4, -0.2) is 41.6 Å². The molecule has 0 spiro atoms. The third-order valence-electron chi connectivity index (χ3n) is 4.03. The second-order valence-electron chi connectivity index (χ2n) is 6.41. The maximum atomic E-state index is 15.4. The smallest absolute Gasteiger partial charge is 0.359 e. The number of fused-ring (bicyclic) bond motifs is 1. The molecule has 0 N–H and O–H groups in total. The first-order valence-corrected chi connectivity index (χ1v) is 8.57. The van der Waals surface area contributed by atoms with Gasteiger partial charge in [0.05, 0.1) is 25.5 Å². The first-order valence-electron chi connectivity index (χ1n) is 8.57. The lowest BCUT2D eigenvalue weighted by atomic mass is 9.91. The van der Waals surface area contributed by atoms with E-state index in [4.69, 9.17) is 9.47 Å². The van der Waals surface area contributed by atoms with Gasteiger partial charge in [-0.15, -0.1) is 0 Å². The highest BCUT2D eigenvalue weighted by Crippen LogP contribution is 2.43. The van der Waals surface area contributed by atoms with Crippen molar-refractivity contribution in [3.63, 3.8) is 0 Å². The molecule has 0 saturated heterocycles. The molecule has 27 heavy (non-hydrogen) atoms. The summed E-state index contributed by atoms with van der Waals surface area (Å²) >= 11 is 0. The average molecular weight is 387 g/mol. The topological polar surface area (TPSA) is 84.0 Å². The highest BCUT2D eigenvalue weighted by Gasteiger charge is 2.59. The summed E-state index contributed by atoms with van der Waals surface area (Å²) in [4.78, 5) is 28.2. The maximum absolute atomic E-state index is 15.4. The number of ether oxygens (including phenoxy) is 4. The predicted molar refractivity (Wildman–Crippen MR) is 89.4 cm³/mol. The first kappa shape index (κ1) is 21.0. The molecule has 0 fully saturated rings. The SMILES string of the molecule is CCOC(=O)C(F)(C(=O)OCC)C(F)c1cnc(C)c2c1COC(C)(C)O2. The van der Waals surface area contributed by atoms with Crippen molar-refractivity contribution < 1.29 is 37.3 Å². The molecule has 2 rings (SSSR count). The molecule has 0 radical (unpaired) electrons. The largest absolute Gasteiger partial charge is 0.463 e. The summed E-state index contributed by atoms with van der Waals surface area (Å²) in [5, 5.41) is 0. The van der Waals surface area contributed by atoms with Gasteiger partial charge in [0.2, 0.25) is 5.79 Å². The van der Waals surface area contributed by atoms with Crippen molar-refractivity contribution in [2.45, 2.75) is 58.9 Å². The molecule has 150 valence electrons. The minimum Gasteiger partial charge on any atom is -0.463 e. The summed E-state index contributed by atoms with van der Waals surface area (Å²) in [5.74, 6) is -4.09. The number of halogens is 2. The van der Waals surface area contributed by atoms with Crippen LogP contribution in [0.25, 0.3) is 0 Å². The van der Waals surface area contributed by atoms with E-state index in [0.717, 1.165) is 6.20 Å². The van der Waals surface area contributed by atoms with Gasteiger partial charge in [-0.3, -0.25) is 4.98 Å². The molecule has 7 nitrogen and oxygen atoms in total. The first-order chi connectivity index (χ1) is 12.6. The van der Waals surface area contributed by atoms with E-state index in [1.165, 1.54) is 13.8 Å². The number of hydrogen-bond donors (Lipinski definition) is 0. The van der Waals surface area contributed by atoms with Crippen LogP contribution in [0.1, 0.15) is 50.7 Å².